The van der Waals surface area contributed by atoms with Gasteiger partial charge in [0.1, 0.15) is 35.8 Å². The number of carbonyl (C=O) groups is 3. The number of nitriles is 1. The molecule has 1 unspecified atom stereocenters. The lowest BCUT2D eigenvalue weighted by Crippen LogP contribution is -2.40. The summed E-state index contributed by atoms with van der Waals surface area (Å²) in [4.78, 5) is 43.2. The van der Waals surface area contributed by atoms with E-state index < -0.39 is 59.2 Å². The third kappa shape index (κ3) is 6.02. The minimum Gasteiger partial charge on any atom is -0.342 e. The molecule has 1 atom stereocenters. The molecule has 2 aromatic heterocycles. The summed E-state index contributed by atoms with van der Waals surface area (Å²) in [6.45, 7) is -0.448. The minimum absolute atomic E-state index is 0.0198. The van der Waals surface area contributed by atoms with Gasteiger partial charge in [0.25, 0.3) is 11.8 Å². The molecular formula is C28H16ClF5N6O3. The molecule has 43 heavy (non-hydrogen) atoms. The molecule has 0 aliphatic carbocycles. The van der Waals surface area contributed by atoms with E-state index >= 15 is 0 Å². The maximum atomic E-state index is 14.2. The van der Waals surface area contributed by atoms with E-state index in [0.717, 1.165) is 18.2 Å². The van der Waals surface area contributed by atoms with Crippen LogP contribution in [0, 0.1) is 23.0 Å². The van der Waals surface area contributed by atoms with E-state index in [1.807, 2.05) is 6.07 Å². The second kappa shape index (κ2) is 11.2. The number of hydrogen-bond acceptors (Lipinski definition) is 5. The summed E-state index contributed by atoms with van der Waals surface area (Å²) in [5, 5.41) is 16.5. The standard InChI is InChI=1S/C28H16ClF5N6O3/c29-19-3-2-16(30)8-18(19)24-25-20(37-26(42)14-5-15(28(32,33)34)7-17(31)6-14)9-21(40(25)12-23(41)39-24)27(43)38-22-4-1-13(10-35)11-36-22/h1-9,11,24H,12H2,(H,37,42)(H,39,41)(H,36,38,43). The number of alkyl halides is 3. The fourth-order valence-corrected chi connectivity index (χ4v) is 4.73. The first-order valence-electron chi connectivity index (χ1n) is 12.2. The van der Waals surface area contributed by atoms with Gasteiger partial charge in [-0.15, -0.1) is 0 Å². The van der Waals surface area contributed by atoms with Crippen molar-refractivity contribution < 1.29 is 36.3 Å². The largest absolute Gasteiger partial charge is 0.416 e. The van der Waals surface area contributed by atoms with Crippen molar-refractivity contribution in [1.29, 1.82) is 5.26 Å². The van der Waals surface area contributed by atoms with Crippen LogP contribution in [0.3, 0.4) is 0 Å². The van der Waals surface area contributed by atoms with Crippen LogP contribution in [-0.4, -0.2) is 27.3 Å². The van der Waals surface area contributed by atoms with Crippen LogP contribution in [-0.2, 0) is 17.5 Å². The number of hydrogen-bond donors (Lipinski definition) is 3. The second-order valence-corrected chi connectivity index (χ2v) is 9.67. The summed E-state index contributed by atoms with van der Waals surface area (Å²) in [5.41, 5.74) is -2.13. The highest BCUT2D eigenvalue weighted by atomic mass is 35.5. The van der Waals surface area contributed by atoms with Gasteiger partial charge in [0, 0.05) is 22.3 Å². The Hall–Kier alpha value is -5.29. The lowest BCUT2D eigenvalue weighted by atomic mass is 10.0. The molecule has 0 bridgehead atoms. The molecule has 3 amide bonds. The van der Waals surface area contributed by atoms with E-state index in [2.05, 4.69) is 20.9 Å². The molecule has 0 saturated carbocycles. The topological polar surface area (TPSA) is 129 Å². The van der Waals surface area contributed by atoms with Crippen molar-refractivity contribution in [3.8, 4) is 6.07 Å². The third-order valence-electron chi connectivity index (χ3n) is 6.39. The Morgan fingerprint density at radius 3 is 2.47 bits per heavy atom. The number of halogens is 6. The van der Waals surface area contributed by atoms with Crippen molar-refractivity contribution in [2.24, 2.45) is 0 Å². The van der Waals surface area contributed by atoms with Crippen molar-refractivity contribution in [3.05, 3.63) is 111 Å². The summed E-state index contributed by atoms with van der Waals surface area (Å²) in [6.07, 6.45) is -3.74. The summed E-state index contributed by atoms with van der Waals surface area (Å²) in [5.74, 6) is -4.59. The Labute approximate surface area is 243 Å². The number of carbonyl (C=O) groups excluding carboxylic acids is 3. The first-order chi connectivity index (χ1) is 20.3. The molecule has 3 heterocycles. The molecule has 0 spiro atoms. The van der Waals surface area contributed by atoms with Crippen LogP contribution in [0.25, 0.3) is 0 Å². The smallest absolute Gasteiger partial charge is 0.342 e. The summed E-state index contributed by atoms with van der Waals surface area (Å²) < 4.78 is 69.3. The predicted octanol–water partition coefficient (Wildman–Crippen LogP) is 5.43. The number of rotatable bonds is 5. The van der Waals surface area contributed by atoms with Gasteiger partial charge in [-0.05, 0) is 54.6 Å². The van der Waals surface area contributed by atoms with Gasteiger partial charge in [0.05, 0.1) is 28.6 Å². The maximum absolute atomic E-state index is 14.2. The average molecular weight is 615 g/mol. The Bertz CT molecular complexity index is 1830. The molecule has 9 nitrogen and oxygen atoms in total. The van der Waals surface area contributed by atoms with Crippen LogP contribution in [0.2, 0.25) is 5.02 Å². The van der Waals surface area contributed by atoms with Gasteiger partial charge in [-0.25, -0.2) is 13.8 Å². The molecule has 4 aromatic rings. The van der Waals surface area contributed by atoms with Crippen molar-refractivity contribution in [1.82, 2.24) is 14.9 Å². The molecule has 15 heteroatoms. The molecule has 2 aromatic carbocycles. The van der Waals surface area contributed by atoms with Crippen LogP contribution in [0.4, 0.5) is 33.5 Å². The molecular weight excluding hydrogens is 599 g/mol. The zero-order valence-corrected chi connectivity index (χ0v) is 22.1. The highest BCUT2D eigenvalue weighted by Gasteiger charge is 2.36. The Morgan fingerprint density at radius 2 is 1.79 bits per heavy atom. The Morgan fingerprint density at radius 1 is 1.02 bits per heavy atom. The molecule has 3 N–H and O–H groups in total. The van der Waals surface area contributed by atoms with E-state index in [1.54, 1.807) is 0 Å². The van der Waals surface area contributed by atoms with E-state index in [-0.39, 0.29) is 45.1 Å². The lowest BCUT2D eigenvalue weighted by Gasteiger charge is -2.29. The van der Waals surface area contributed by atoms with Gasteiger partial charge in [-0.2, -0.15) is 18.4 Å². The van der Waals surface area contributed by atoms with Crippen molar-refractivity contribution in [2.75, 3.05) is 10.6 Å². The van der Waals surface area contributed by atoms with Crippen molar-refractivity contribution in [3.63, 3.8) is 0 Å². The first-order valence-corrected chi connectivity index (χ1v) is 12.6. The highest BCUT2D eigenvalue weighted by molar-refractivity contribution is 6.31. The lowest BCUT2D eigenvalue weighted by molar-refractivity contribution is -0.137. The molecule has 0 fully saturated rings. The molecule has 1 aliphatic rings. The van der Waals surface area contributed by atoms with E-state index in [0.29, 0.717) is 12.1 Å². The van der Waals surface area contributed by atoms with E-state index in [4.69, 9.17) is 16.9 Å². The molecule has 1 aliphatic heterocycles. The molecule has 218 valence electrons. The number of aromatic nitrogens is 2. The number of anilines is 2. The predicted molar refractivity (Wildman–Crippen MR) is 142 cm³/mol. The number of benzene rings is 2. The van der Waals surface area contributed by atoms with Gasteiger partial charge in [0.15, 0.2) is 0 Å². The number of pyridine rings is 1. The molecule has 5 rings (SSSR count). The van der Waals surface area contributed by atoms with Crippen molar-refractivity contribution in [2.45, 2.75) is 18.8 Å². The summed E-state index contributed by atoms with van der Waals surface area (Å²) >= 11 is 6.30. The average Bonchev–Trinajstić information content (AvgIpc) is 3.31. The quantitative estimate of drug-likeness (QED) is 0.258. The zero-order valence-electron chi connectivity index (χ0n) is 21.4. The molecule has 0 saturated heterocycles. The third-order valence-corrected chi connectivity index (χ3v) is 6.73. The van der Waals surface area contributed by atoms with Gasteiger partial charge in [-0.1, -0.05) is 11.6 Å². The van der Waals surface area contributed by atoms with E-state index in [1.165, 1.54) is 29.0 Å². The SMILES string of the molecule is N#Cc1ccc(NC(=O)c2cc(NC(=O)c3cc(F)cc(C(F)(F)F)c3)c3n2CC(=O)NC3c2cc(F)ccc2Cl)nc1. The van der Waals surface area contributed by atoms with Crippen molar-refractivity contribution >= 4 is 40.8 Å². The summed E-state index contributed by atoms with van der Waals surface area (Å²) in [6, 6.07) is 9.16. The Kier molecular flexibility index (Phi) is 7.59. The van der Waals surface area contributed by atoms with Gasteiger partial charge in [-0.3, -0.25) is 14.4 Å². The maximum Gasteiger partial charge on any atom is 0.416 e. The molecule has 0 radical (unpaired) electrons. The zero-order chi connectivity index (χ0) is 31.1. The van der Waals surface area contributed by atoms with Gasteiger partial charge < -0.3 is 20.5 Å². The van der Waals surface area contributed by atoms with Gasteiger partial charge >= 0.3 is 6.18 Å². The van der Waals surface area contributed by atoms with E-state index in [9.17, 15) is 36.3 Å². The highest BCUT2D eigenvalue weighted by Crippen LogP contribution is 2.38. The number of nitrogens with zero attached hydrogens (tertiary/aromatic N) is 3. The monoisotopic (exact) mass is 614 g/mol. The minimum atomic E-state index is -4.94. The van der Waals surface area contributed by atoms with Crippen LogP contribution >= 0.6 is 11.6 Å². The Balaban J connectivity index is 1.61. The number of amides is 3. The second-order valence-electron chi connectivity index (χ2n) is 9.26. The van der Waals surface area contributed by atoms with Crippen LogP contribution in [0.5, 0.6) is 0 Å². The van der Waals surface area contributed by atoms with Crippen LogP contribution in [0.15, 0.2) is 60.8 Å². The fraction of sp³-hybridized carbons (Fsp3) is 0.107. The number of fused-ring (bicyclic) bond motifs is 1. The normalized spacial score (nSPS) is 14.3. The summed E-state index contributed by atoms with van der Waals surface area (Å²) in [7, 11) is 0. The van der Waals surface area contributed by atoms with Crippen LogP contribution in [0.1, 0.15) is 49.3 Å². The van der Waals surface area contributed by atoms with Gasteiger partial charge in [0.2, 0.25) is 5.91 Å². The fourth-order valence-electron chi connectivity index (χ4n) is 4.51. The van der Waals surface area contributed by atoms with Crippen LogP contribution < -0.4 is 16.0 Å². The first kappa shape index (κ1) is 29.2. The number of nitrogens with one attached hydrogen (secondary N) is 3.